The number of benzene rings is 2. The van der Waals surface area contributed by atoms with Gasteiger partial charge >= 0.3 is 0 Å². The predicted molar refractivity (Wildman–Crippen MR) is 112 cm³/mol. The zero-order chi connectivity index (χ0) is 19.7. The molecule has 0 spiro atoms. The lowest BCUT2D eigenvalue weighted by Gasteiger charge is -2.22. The zero-order valence-corrected chi connectivity index (χ0v) is 16.4. The molecular weight excluding hydrogens is 374 g/mol. The van der Waals surface area contributed by atoms with Gasteiger partial charge in [-0.25, -0.2) is 4.68 Å². The summed E-state index contributed by atoms with van der Waals surface area (Å²) in [6.07, 6.45) is 1.04. The molecule has 1 atom stereocenters. The van der Waals surface area contributed by atoms with Crippen molar-refractivity contribution in [1.29, 1.82) is 0 Å². The number of nitrogens with zero attached hydrogens (tertiary/aromatic N) is 2. The second-order valence-corrected chi connectivity index (χ2v) is 8.40. The summed E-state index contributed by atoms with van der Waals surface area (Å²) in [7, 11) is 0. The number of hydrogen-bond acceptors (Lipinski definition) is 4. The number of carbonyl (C=O) groups excluding carboxylic acids is 1. The fourth-order valence-corrected chi connectivity index (χ4v) is 4.61. The largest absolute Gasteiger partial charge is 0.311 e. The predicted octanol–water partition coefficient (Wildman–Crippen LogP) is 3.00. The summed E-state index contributed by atoms with van der Waals surface area (Å²) < 4.78 is 1.24. The fraction of sp³-hybridized carbons (Fsp3) is 0.286. The first kappa shape index (κ1) is 18.6. The van der Waals surface area contributed by atoms with E-state index in [-0.39, 0.29) is 30.0 Å². The molecule has 144 valence electrons. The highest BCUT2D eigenvalue weighted by Gasteiger charge is 2.24. The Labute approximate surface area is 166 Å². The number of rotatable bonds is 3. The molecule has 2 heterocycles. The van der Waals surface area contributed by atoms with Crippen LogP contribution in [0.15, 0.2) is 63.0 Å². The molecule has 0 aliphatic carbocycles. The number of fused-ring (bicyclic) bond motifs is 2. The molecule has 1 aliphatic heterocycles. The van der Waals surface area contributed by atoms with Gasteiger partial charge in [0, 0.05) is 23.1 Å². The lowest BCUT2D eigenvalue weighted by molar-refractivity contribution is -0.118. The maximum Gasteiger partial charge on any atom is 0.273 e. The number of carbonyl (C=O) groups is 1. The Morgan fingerprint density at radius 1 is 1.11 bits per heavy atom. The van der Waals surface area contributed by atoms with Crippen molar-refractivity contribution in [1.82, 2.24) is 9.78 Å². The molecule has 2 aromatic carbocycles. The molecule has 6 nitrogen and oxygen atoms in total. The lowest BCUT2D eigenvalue weighted by atomic mass is 10.2. The van der Waals surface area contributed by atoms with Gasteiger partial charge in [0.25, 0.3) is 11.1 Å². The molecule has 1 amide bonds. The van der Waals surface area contributed by atoms with Crippen LogP contribution in [0, 0.1) is 0 Å². The van der Waals surface area contributed by atoms with Crippen LogP contribution >= 0.6 is 11.8 Å². The van der Waals surface area contributed by atoms with E-state index in [1.54, 1.807) is 40.9 Å². The van der Waals surface area contributed by atoms with Gasteiger partial charge in [0.15, 0.2) is 0 Å². The number of aromatic nitrogens is 2. The molecule has 1 unspecified atom stereocenters. The Morgan fingerprint density at radius 3 is 2.64 bits per heavy atom. The average molecular weight is 395 g/mol. The number of anilines is 1. The number of hydrogen-bond donors (Lipinski definition) is 1. The van der Waals surface area contributed by atoms with Crippen molar-refractivity contribution >= 4 is 34.1 Å². The van der Waals surface area contributed by atoms with Gasteiger partial charge in [-0.3, -0.25) is 19.5 Å². The van der Waals surface area contributed by atoms with Crippen LogP contribution in [0.4, 0.5) is 5.69 Å². The van der Waals surface area contributed by atoms with Crippen molar-refractivity contribution in [2.45, 2.75) is 36.5 Å². The van der Waals surface area contributed by atoms with E-state index in [9.17, 15) is 14.4 Å². The first-order valence-corrected chi connectivity index (χ1v) is 10.2. The topological polar surface area (TPSA) is 75.2 Å². The number of para-hydroxylation sites is 1. The van der Waals surface area contributed by atoms with Gasteiger partial charge in [-0.05, 0) is 30.7 Å². The van der Waals surface area contributed by atoms with Crippen molar-refractivity contribution in [3.63, 3.8) is 0 Å². The molecule has 4 rings (SSSR count). The second kappa shape index (κ2) is 7.67. The molecule has 0 fully saturated rings. The van der Waals surface area contributed by atoms with E-state index in [2.05, 4.69) is 12.0 Å². The molecule has 3 aromatic rings. The summed E-state index contributed by atoms with van der Waals surface area (Å²) >= 11 is 1.78. The summed E-state index contributed by atoms with van der Waals surface area (Å²) in [5.41, 5.74) is 0.303. The number of H-pyrrole nitrogens is 1. The number of thioether (sulfide) groups is 1. The SMILES string of the molecule is CC1CCN(C(=O)CCn2[nH]c(=O)c3ccccc3c2=O)c2ccccc2S1. The maximum atomic E-state index is 13.0. The van der Waals surface area contributed by atoms with Gasteiger partial charge in [0.05, 0.1) is 23.0 Å². The standard InChI is InChI=1S/C21H21N3O3S/c1-14-10-12-23(17-8-4-5-9-18(17)28-14)19(25)11-13-24-21(27)16-7-3-2-6-15(16)20(26)22-24/h2-9,14H,10-13H2,1H3,(H,22,26). The van der Waals surface area contributed by atoms with Gasteiger partial charge in [0.1, 0.15) is 0 Å². The summed E-state index contributed by atoms with van der Waals surface area (Å²) in [5.74, 6) is -0.0527. The molecule has 0 bridgehead atoms. The van der Waals surface area contributed by atoms with Gasteiger partial charge in [-0.1, -0.05) is 31.2 Å². The first-order valence-electron chi connectivity index (χ1n) is 9.32. The van der Waals surface area contributed by atoms with Crippen LogP contribution in [0.2, 0.25) is 0 Å². The monoisotopic (exact) mass is 395 g/mol. The van der Waals surface area contributed by atoms with Crippen molar-refractivity contribution < 1.29 is 4.79 Å². The Hall–Kier alpha value is -2.80. The Kier molecular flexibility index (Phi) is 5.09. The molecule has 0 radical (unpaired) electrons. The van der Waals surface area contributed by atoms with Crippen LogP contribution in [0.1, 0.15) is 19.8 Å². The zero-order valence-electron chi connectivity index (χ0n) is 15.6. The Morgan fingerprint density at radius 2 is 1.82 bits per heavy atom. The van der Waals surface area contributed by atoms with E-state index in [1.165, 1.54) is 4.68 Å². The van der Waals surface area contributed by atoms with Crippen molar-refractivity contribution in [3.05, 3.63) is 69.2 Å². The smallest absolute Gasteiger partial charge is 0.273 e. The summed E-state index contributed by atoms with van der Waals surface area (Å²) in [4.78, 5) is 40.7. The summed E-state index contributed by atoms with van der Waals surface area (Å²) in [6, 6.07) is 14.6. The third-order valence-electron chi connectivity index (χ3n) is 4.98. The van der Waals surface area contributed by atoms with Gasteiger partial charge < -0.3 is 4.90 Å². The number of aromatic amines is 1. The summed E-state index contributed by atoms with van der Waals surface area (Å²) in [6.45, 7) is 2.95. The molecule has 1 aromatic heterocycles. The number of nitrogens with one attached hydrogen (secondary N) is 1. The highest BCUT2D eigenvalue weighted by atomic mass is 32.2. The minimum Gasteiger partial charge on any atom is -0.311 e. The van der Waals surface area contributed by atoms with E-state index < -0.39 is 0 Å². The maximum absolute atomic E-state index is 13.0. The van der Waals surface area contributed by atoms with E-state index in [1.807, 2.05) is 24.3 Å². The first-order chi connectivity index (χ1) is 13.5. The second-order valence-electron chi connectivity index (χ2n) is 6.92. The van der Waals surface area contributed by atoms with Crippen LogP contribution in [0.5, 0.6) is 0 Å². The molecule has 1 aliphatic rings. The quantitative estimate of drug-likeness (QED) is 0.740. The third kappa shape index (κ3) is 3.49. The fourth-order valence-electron chi connectivity index (χ4n) is 3.49. The molecule has 0 saturated carbocycles. The Bertz CT molecular complexity index is 1150. The van der Waals surface area contributed by atoms with Crippen molar-refractivity contribution in [2.24, 2.45) is 0 Å². The van der Waals surface area contributed by atoms with E-state index >= 15 is 0 Å². The highest BCUT2D eigenvalue weighted by molar-refractivity contribution is 8.00. The van der Waals surface area contributed by atoms with Gasteiger partial charge in [-0.15, -0.1) is 11.8 Å². The normalized spacial score (nSPS) is 16.6. The van der Waals surface area contributed by atoms with Crippen molar-refractivity contribution in [3.8, 4) is 0 Å². The van der Waals surface area contributed by atoms with Crippen LogP contribution in [0.25, 0.3) is 10.8 Å². The molecule has 1 N–H and O–H groups in total. The van der Waals surface area contributed by atoms with E-state index in [0.29, 0.717) is 22.6 Å². The number of aryl methyl sites for hydroxylation is 1. The van der Waals surface area contributed by atoms with Gasteiger partial charge in [-0.2, -0.15) is 0 Å². The third-order valence-corrected chi connectivity index (χ3v) is 6.21. The minimum atomic E-state index is -0.326. The van der Waals surface area contributed by atoms with Crippen molar-refractivity contribution in [2.75, 3.05) is 11.4 Å². The van der Waals surface area contributed by atoms with Crippen LogP contribution in [-0.2, 0) is 11.3 Å². The van der Waals surface area contributed by atoms with E-state index in [0.717, 1.165) is 17.0 Å². The van der Waals surface area contributed by atoms with Crippen LogP contribution < -0.4 is 16.0 Å². The summed E-state index contributed by atoms with van der Waals surface area (Å²) in [5, 5.41) is 3.75. The minimum absolute atomic E-state index is 0.0527. The van der Waals surface area contributed by atoms with E-state index in [4.69, 9.17) is 0 Å². The Balaban J connectivity index is 1.59. The highest BCUT2D eigenvalue weighted by Crippen LogP contribution is 2.37. The lowest BCUT2D eigenvalue weighted by Crippen LogP contribution is -2.35. The molecule has 0 saturated heterocycles. The average Bonchev–Trinajstić information content (AvgIpc) is 2.87. The molecular formula is C21H21N3O3S. The van der Waals surface area contributed by atoms with Crippen LogP contribution in [0.3, 0.4) is 0 Å². The molecule has 28 heavy (non-hydrogen) atoms. The molecule has 7 heteroatoms. The van der Waals surface area contributed by atoms with Crippen LogP contribution in [-0.4, -0.2) is 27.5 Å². The number of amides is 1. The van der Waals surface area contributed by atoms with Gasteiger partial charge in [0.2, 0.25) is 5.91 Å².